The second-order valence-corrected chi connectivity index (χ2v) is 9.22. The number of benzene rings is 1. The van der Waals surface area contributed by atoms with Gasteiger partial charge in [-0.15, -0.1) is 11.3 Å². The van der Waals surface area contributed by atoms with Crippen molar-refractivity contribution in [1.29, 1.82) is 0 Å². The number of likely N-dealkylation sites (tertiary alicyclic amines) is 1. The van der Waals surface area contributed by atoms with Gasteiger partial charge >= 0.3 is 0 Å². The van der Waals surface area contributed by atoms with Gasteiger partial charge in [-0.3, -0.25) is 9.69 Å². The number of aryl methyl sites for hydroxylation is 1. The number of nitrogens with zero attached hydrogens (tertiary/aromatic N) is 3. The number of nitrogens with one attached hydrogen (secondary N) is 1. The minimum absolute atomic E-state index is 0.163. The molecule has 6 heteroatoms. The molecular weight excluding hydrogens is 404 g/mol. The maximum Gasteiger partial charge on any atom is 0.227 e. The number of amides is 1. The Morgan fingerprint density at radius 2 is 1.97 bits per heavy atom. The van der Waals surface area contributed by atoms with Crippen molar-refractivity contribution in [2.75, 3.05) is 19.6 Å². The first-order valence-electron chi connectivity index (χ1n) is 11.1. The summed E-state index contributed by atoms with van der Waals surface area (Å²) in [5.74, 6) is 1.03. The predicted molar refractivity (Wildman–Crippen MR) is 126 cm³/mol. The van der Waals surface area contributed by atoms with Crippen LogP contribution >= 0.6 is 11.3 Å². The fraction of sp³-hybridized carbons (Fsp3) is 0.400. The Morgan fingerprint density at radius 1 is 1.16 bits per heavy atom. The molecule has 1 unspecified atom stereocenters. The Balaban J connectivity index is 1.57. The smallest absolute Gasteiger partial charge is 0.227 e. The van der Waals surface area contributed by atoms with Gasteiger partial charge in [0.15, 0.2) is 0 Å². The molecule has 1 N–H and O–H groups in total. The van der Waals surface area contributed by atoms with Crippen molar-refractivity contribution in [2.24, 2.45) is 5.41 Å². The van der Waals surface area contributed by atoms with E-state index in [2.05, 4.69) is 68.9 Å². The highest BCUT2D eigenvalue weighted by molar-refractivity contribution is 7.13. The molecule has 2 aromatic heterocycles. The molecule has 1 fully saturated rings. The largest absolute Gasteiger partial charge is 0.356 e. The van der Waals surface area contributed by atoms with Crippen LogP contribution in [-0.2, 0) is 24.2 Å². The van der Waals surface area contributed by atoms with Crippen LogP contribution < -0.4 is 5.32 Å². The highest BCUT2D eigenvalue weighted by atomic mass is 32.1. The van der Waals surface area contributed by atoms with Crippen LogP contribution in [0.15, 0.2) is 54.2 Å². The normalized spacial score (nSPS) is 18.9. The van der Waals surface area contributed by atoms with E-state index in [9.17, 15) is 4.79 Å². The summed E-state index contributed by atoms with van der Waals surface area (Å²) >= 11 is 1.75. The average Bonchev–Trinajstić information content (AvgIpc) is 3.46. The number of thiophene rings is 1. The summed E-state index contributed by atoms with van der Waals surface area (Å²) in [6.45, 7) is 7.12. The number of carbonyl (C=O) groups is 1. The zero-order valence-electron chi connectivity index (χ0n) is 18.3. The summed E-state index contributed by atoms with van der Waals surface area (Å²) in [5, 5.41) is 5.22. The van der Waals surface area contributed by atoms with E-state index in [4.69, 9.17) is 0 Å². The molecule has 1 aliphatic rings. The van der Waals surface area contributed by atoms with Crippen LogP contribution in [0, 0.1) is 5.41 Å². The van der Waals surface area contributed by atoms with E-state index in [1.807, 2.05) is 19.3 Å². The zero-order chi connectivity index (χ0) is 21.7. The van der Waals surface area contributed by atoms with Gasteiger partial charge in [-0.25, -0.2) is 9.97 Å². The van der Waals surface area contributed by atoms with Crippen LogP contribution in [0.25, 0.3) is 10.4 Å². The molecule has 1 amide bonds. The third kappa shape index (κ3) is 4.86. The molecule has 5 nitrogen and oxygen atoms in total. The van der Waals surface area contributed by atoms with Crippen LogP contribution in [0.4, 0.5) is 0 Å². The standard InChI is InChI=1S/C25H30N4OS/c1-3-23-27-15-19(16-28-23)17-29-12-11-25(18-29,24(30)26-4-2)14-20-8-5-6-9-21(20)22-10-7-13-31-22/h5-10,13,15-16H,3-4,11-12,14,17-18H2,1-2H3,(H,26,30). The minimum Gasteiger partial charge on any atom is -0.356 e. The van der Waals surface area contributed by atoms with Crippen molar-refractivity contribution in [2.45, 2.75) is 39.7 Å². The Hall–Kier alpha value is -2.57. The van der Waals surface area contributed by atoms with Gasteiger partial charge in [-0.1, -0.05) is 37.3 Å². The molecule has 1 atom stereocenters. The molecule has 0 bridgehead atoms. The molecule has 1 saturated heterocycles. The number of carbonyl (C=O) groups excluding carboxylic acids is 1. The van der Waals surface area contributed by atoms with Gasteiger partial charge in [0.1, 0.15) is 5.82 Å². The minimum atomic E-state index is -0.423. The van der Waals surface area contributed by atoms with Crippen molar-refractivity contribution in [1.82, 2.24) is 20.2 Å². The maximum atomic E-state index is 13.3. The fourth-order valence-corrected chi connectivity index (χ4v) is 5.25. The third-order valence-corrected chi connectivity index (χ3v) is 6.97. The van der Waals surface area contributed by atoms with Gasteiger partial charge < -0.3 is 5.32 Å². The molecule has 1 aromatic carbocycles. The fourth-order valence-electron chi connectivity index (χ4n) is 4.47. The molecule has 0 spiro atoms. The van der Waals surface area contributed by atoms with Crippen LogP contribution in [0.2, 0.25) is 0 Å². The van der Waals surface area contributed by atoms with Gasteiger partial charge in [0, 0.05) is 48.9 Å². The SMILES string of the molecule is CCNC(=O)C1(Cc2ccccc2-c2cccs2)CCN(Cc2cnc(CC)nc2)C1. The van der Waals surface area contributed by atoms with Crippen molar-refractivity contribution < 1.29 is 4.79 Å². The van der Waals surface area contributed by atoms with E-state index in [0.717, 1.165) is 50.3 Å². The maximum absolute atomic E-state index is 13.3. The molecule has 3 heterocycles. The molecule has 1 aliphatic heterocycles. The second kappa shape index (κ2) is 9.71. The molecule has 0 aliphatic carbocycles. The van der Waals surface area contributed by atoms with Crippen molar-refractivity contribution in [3.63, 3.8) is 0 Å². The number of hydrogen-bond acceptors (Lipinski definition) is 5. The molecule has 0 radical (unpaired) electrons. The second-order valence-electron chi connectivity index (χ2n) is 8.27. The average molecular weight is 435 g/mol. The van der Waals surface area contributed by atoms with Gasteiger partial charge in [0.25, 0.3) is 0 Å². The quantitative estimate of drug-likeness (QED) is 0.573. The predicted octanol–water partition coefficient (Wildman–Crippen LogP) is 4.34. The first-order valence-corrected chi connectivity index (χ1v) is 11.9. The van der Waals surface area contributed by atoms with Gasteiger partial charge in [-0.2, -0.15) is 0 Å². The Labute approximate surface area is 188 Å². The lowest BCUT2D eigenvalue weighted by molar-refractivity contribution is -0.130. The van der Waals surface area contributed by atoms with E-state index in [0.29, 0.717) is 6.54 Å². The lowest BCUT2D eigenvalue weighted by Gasteiger charge is -2.29. The molecule has 31 heavy (non-hydrogen) atoms. The van der Waals surface area contributed by atoms with Crippen molar-refractivity contribution in [3.05, 3.63) is 71.1 Å². The summed E-state index contributed by atoms with van der Waals surface area (Å²) < 4.78 is 0. The van der Waals surface area contributed by atoms with E-state index >= 15 is 0 Å². The number of aromatic nitrogens is 2. The Kier molecular flexibility index (Phi) is 6.78. The molecule has 3 aromatic rings. The first-order chi connectivity index (χ1) is 15.1. The first kappa shape index (κ1) is 21.7. The van der Waals surface area contributed by atoms with Crippen LogP contribution in [0.1, 0.15) is 37.2 Å². The molecule has 0 saturated carbocycles. The van der Waals surface area contributed by atoms with E-state index in [-0.39, 0.29) is 5.91 Å². The Morgan fingerprint density at radius 3 is 2.68 bits per heavy atom. The number of hydrogen-bond donors (Lipinski definition) is 1. The Bertz CT molecular complexity index is 1000. The van der Waals surface area contributed by atoms with E-state index < -0.39 is 5.41 Å². The van der Waals surface area contributed by atoms with Crippen LogP contribution in [0.5, 0.6) is 0 Å². The van der Waals surface area contributed by atoms with Crippen LogP contribution in [0.3, 0.4) is 0 Å². The summed E-state index contributed by atoms with van der Waals surface area (Å²) in [4.78, 5) is 25.8. The molecule has 162 valence electrons. The molecular formula is C25H30N4OS. The van der Waals surface area contributed by atoms with Crippen molar-refractivity contribution >= 4 is 17.2 Å². The summed E-state index contributed by atoms with van der Waals surface area (Å²) in [6.07, 6.45) is 6.28. The van der Waals surface area contributed by atoms with Crippen molar-refractivity contribution in [3.8, 4) is 10.4 Å². The zero-order valence-corrected chi connectivity index (χ0v) is 19.1. The summed E-state index contributed by atoms with van der Waals surface area (Å²) in [7, 11) is 0. The van der Waals surface area contributed by atoms with Gasteiger partial charge in [0.2, 0.25) is 5.91 Å². The van der Waals surface area contributed by atoms with Gasteiger partial charge in [0.05, 0.1) is 5.41 Å². The highest BCUT2D eigenvalue weighted by Crippen LogP contribution is 2.38. The topological polar surface area (TPSA) is 58.1 Å². The lowest BCUT2D eigenvalue weighted by Crippen LogP contribution is -2.44. The van der Waals surface area contributed by atoms with E-state index in [1.165, 1.54) is 16.0 Å². The van der Waals surface area contributed by atoms with E-state index in [1.54, 1.807) is 11.3 Å². The monoisotopic (exact) mass is 434 g/mol. The third-order valence-electron chi connectivity index (χ3n) is 6.07. The lowest BCUT2D eigenvalue weighted by atomic mass is 9.78. The summed E-state index contributed by atoms with van der Waals surface area (Å²) in [5.41, 5.74) is 3.16. The molecule has 4 rings (SSSR count). The summed E-state index contributed by atoms with van der Waals surface area (Å²) in [6, 6.07) is 12.8. The van der Waals surface area contributed by atoms with Gasteiger partial charge in [-0.05, 0) is 48.9 Å². The highest BCUT2D eigenvalue weighted by Gasteiger charge is 2.44. The number of rotatable bonds is 8. The van der Waals surface area contributed by atoms with Crippen LogP contribution in [-0.4, -0.2) is 40.4 Å².